The highest BCUT2D eigenvalue weighted by Crippen LogP contribution is 2.26. The van der Waals surface area contributed by atoms with Gasteiger partial charge in [-0.2, -0.15) is 0 Å². The third kappa shape index (κ3) is 5.11. The number of nitrogens with one attached hydrogen (secondary N) is 1. The van der Waals surface area contributed by atoms with Crippen molar-refractivity contribution < 1.29 is 19.0 Å². The summed E-state index contributed by atoms with van der Waals surface area (Å²) in [6, 6.07) is 12.3. The monoisotopic (exact) mass is 429 g/mol. The van der Waals surface area contributed by atoms with Gasteiger partial charge in [0.2, 0.25) is 5.91 Å². The Morgan fingerprint density at radius 2 is 1.80 bits per heavy atom. The number of anilines is 1. The standard InChI is InChI=1S/C21H23N3O5S/c1-27-9-8-24-20(26)17-6-4-5-7-18(17)23-21(24)30-13-19(25)22-14-10-15(28-2)12-16(11-14)29-3/h4-7,10-12H,8-9,13H2,1-3H3,(H,22,25). The topological polar surface area (TPSA) is 91.7 Å². The van der Waals surface area contributed by atoms with E-state index < -0.39 is 0 Å². The SMILES string of the molecule is COCCn1c(SCC(=O)Nc2cc(OC)cc(OC)c2)nc2ccccc2c1=O. The first-order valence-electron chi connectivity index (χ1n) is 9.20. The van der Waals surface area contributed by atoms with Gasteiger partial charge in [0.1, 0.15) is 11.5 Å². The molecule has 1 N–H and O–H groups in total. The van der Waals surface area contributed by atoms with Crippen LogP contribution in [0.5, 0.6) is 11.5 Å². The molecule has 3 aromatic rings. The van der Waals surface area contributed by atoms with Crippen molar-refractivity contribution >= 4 is 34.3 Å². The van der Waals surface area contributed by atoms with Crippen molar-refractivity contribution in [3.8, 4) is 11.5 Å². The summed E-state index contributed by atoms with van der Waals surface area (Å²) in [4.78, 5) is 29.9. The normalized spacial score (nSPS) is 10.8. The van der Waals surface area contributed by atoms with Crippen molar-refractivity contribution in [3.05, 3.63) is 52.8 Å². The molecule has 8 nitrogen and oxygen atoms in total. The van der Waals surface area contributed by atoms with Gasteiger partial charge in [-0.05, 0) is 12.1 Å². The number of ether oxygens (including phenoxy) is 3. The van der Waals surface area contributed by atoms with Crippen LogP contribution < -0.4 is 20.3 Å². The second-order valence-corrected chi connectivity index (χ2v) is 7.24. The molecule has 0 atom stereocenters. The minimum absolute atomic E-state index is 0.0806. The van der Waals surface area contributed by atoms with Crippen molar-refractivity contribution in [2.75, 3.05) is 39.0 Å². The lowest BCUT2D eigenvalue weighted by Gasteiger charge is -2.13. The van der Waals surface area contributed by atoms with E-state index in [0.29, 0.717) is 46.4 Å². The molecule has 158 valence electrons. The zero-order chi connectivity index (χ0) is 21.5. The third-order valence-electron chi connectivity index (χ3n) is 4.31. The van der Waals surface area contributed by atoms with Crippen LogP contribution in [0.15, 0.2) is 52.4 Å². The molecule has 9 heteroatoms. The van der Waals surface area contributed by atoms with Crippen LogP contribution in [0.4, 0.5) is 5.69 Å². The van der Waals surface area contributed by atoms with E-state index in [1.807, 2.05) is 6.07 Å². The van der Waals surface area contributed by atoms with E-state index in [0.717, 1.165) is 0 Å². The van der Waals surface area contributed by atoms with E-state index in [4.69, 9.17) is 14.2 Å². The number of carbonyl (C=O) groups is 1. The molecule has 30 heavy (non-hydrogen) atoms. The highest BCUT2D eigenvalue weighted by molar-refractivity contribution is 7.99. The van der Waals surface area contributed by atoms with Crippen molar-refractivity contribution in [2.45, 2.75) is 11.7 Å². The predicted octanol–water partition coefficient (Wildman–Crippen LogP) is 2.79. The second kappa shape index (κ2) is 10.1. The molecule has 0 saturated heterocycles. The Morgan fingerprint density at radius 1 is 1.10 bits per heavy atom. The highest BCUT2D eigenvalue weighted by Gasteiger charge is 2.14. The molecule has 0 radical (unpaired) electrons. The first kappa shape index (κ1) is 21.7. The lowest BCUT2D eigenvalue weighted by molar-refractivity contribution is -0.113. The number of fused-ring (bicyclic) bond motifs is 1. The van der Waals surface area contributed by atoms with Crippen LogP contribution in [0, 0.1) is 0 Å². The van der Waals surface area contributed by atoms with Crippen molar-refractivity contribution in [1.82, 2.24) is 9.55 Å². The number of methoxy groups -OCH3 is 3. The number of carbonyl (C=O) groups excluding carboxylic acids is 1. The zero-order valence-electron chi connectivity index (χ0n) is 17.0. The third-order valence-corrected chi connectivity index (χ3v) is 5.29. The number of para-hydroxylation sites is 1. The van der Waals surface area contributed by atoms with Crippen LogP contribution in [-0.2, 0) is 16.1 Å². The molecular formula is C21H23N3O5S. The van der Waals surface area contributed by atoms with Gasteiger partial charge in [-0.15, -0.1) is 0 Å². The first-order chi connectivity index (χ1) is 14.5. The molecule has 0 saturated carbocycles. The van der Waals surface area contributed by atoms with Crippen molar-refractivity contribution in [3.63, 3.8) is 0 Å². The minimum Gasteiger partial charge on any atom is -0.497 e. The molecule has 1 aromatic heterocycles. The molecule has 0 unspecified atom stereocenters. The Bertz CT molecular complexity index is 1080. The smallest absolute Gasteiger partial charge is 0.262 e. The van der Waals surface area contributed by atoms with Crippen LogP contribution >= 0.6 is 11.8 Å². The number of benzene rings is 2. The molecule has 3 rings (SSSR count). The Hall–Kier alpha value is -3.04. The average molecular weight is 429 g/mol. The van der Waals surface area contributed by atoms with Gasteiger partial charge in [0.25, 0.3) is 5.56 Å². The van der Waals surface area contributed by atoms with Crippen LogP contribution in [0.3, 0.4) is 0 Å². The van der Waals surface area contributed by atoms with Gasteiger partial charge in [-0.1, -0.05) is 23.9 Å². The van der Waals surface area contributed by atoms with Gasteiger partial charge in [-0.25, -0.2) is 4.98 Å². The van der Waals surface area contributed by atoms with Crippen LogP contribution in [0.1, 0.15) is 0 Å². The average Bonchev–Trinajstić information content (AvgIpc) is 2.77. The summed E-state index contributed by atoms with van der Waals surface area (Å²) in [7, 11) is 4.66. The molecule has 0 fully saturated rings. The summed E-state index contributed by atoms with van der Waals surface area (Å²) in [6.45, 7) is 0.716. The van der Waals surface area contributed by atoms with Crippen LogP contribution in [0.25, 0.3) is 10.9 Å². The number of aromatic nitrogens is 2. The maximum Gasteiger partial charge on any atom is 0.262 e. The Morgan fingerprint density at radius 3 is 2.47 bits per heavy atom. The maximum absolute atomic E-state index is 12.9. The fourth-order valence-corrected chi connectivity index (χ4v) is 3.67. The molecule has 1 amide bonds. The summed E-state index contributed by atoms with van der Waals surface area (Å²) < 4.78 is 17.1. The number of hydrogen-bond acceptors (Lipinski definition) is 7. The lowest BCUT2D eigenvalue weighted by Crippen LogP contribution is -2.26. The van der Waals surface area contributed by atoms with Gasteiger partial charge in [0, 0.05) is 31.0 Å². The number of nitrogens with zero attached hydrogens (tertiary/aromatic N) is 2. The van der Waals surface area contributed by atoms with E-state index >= 15 is 0 Å². The summed E-state index contributed by atoms with van der Waals surface area (Å²) in [6.07, 6.45) is 0. The molecule has 0 aliphatic rings. The van der Waals surface area contributed by atoms with Gasteiger partial charge < -0.3 is 19.5 Å². The summed E-state index contributed by atoms with van der Waals surface area (Å²) in [5.41, 5.74) is 0.995. The fraction of sp³-hybridized carbons (Fsp3) is 0.286. The summed E-state index contributed by atoms with van der Waals surface area (Å²) in [5, 5.41) is 3.82. The first-order valence-corrected chi connectivity index (χ1v) is 10.2. The minimum atomic E-state index is -0.240. The summed E-state index contributed by atoms with van der Waals surface area (Å²) >= 11 is 1.20. The molecule has 1 heterocycles. The van der Waals surface area contributed by atoms with E-state index in [1.165, 1.54) is 11.8 Å². The van der Waals surface area contributed by atoms with E-state index in [1.54, 1.807) is 62.3 Å². The Kier molecular flexibility index (Phi) is 7.31. The number of amides is 1. The molecular weight excluding hydrogens is 406 g/mol. The predicted molar refractivity (Wildman–Crippen MR) is 117 cm³/mol. The van der Waals surface area contributed by atoms with Gasteiger partial charge >= 0.3 is 0 Å². The number of hydrogen-bond donors (Lipinski definition) is 1. The summed E-state index contributed by atoms with van der Waals surface area (Å²) in [5.74, 6) is 0.983. The van der Waals surface area contributed by atoms with Gasteiger partial charge in [-0.3, -0.25) is 14.2 Å². The molecule has 2 aromatic carbocycles. The van der Waals surface area contributed by atoms with Crippen molar-refractivity contribution in [1.29, 1.82) is 0 Å². The molecule has 0 aliphatic heterocycles. The quantitative estimate of drug-likeness (QED) is 0.413. The Balaban J connectivity index is 1.79. The number of rotatable bonds is 9. The van der Waals surface area contributed by atoms with Crippen molar-refractivity contribution in [2.24, 2.45) is 0 Å². The van der Waals surface area contributed by atoms with Gasteiger partial charge in [0.05, 0.1) is 44.0 Å². The molecule has 0 bridgehead atoms. The van der Waals surface area contributed by atoms with E-state index in [-0.39, 0.29) is 17.2 Å². The maximum atomic E-state index is 12.9. The zero-order valence-corrected chi connectivity index (χ0v) is 17.8. The largest absolute Gasteiger partial charge is 0.497 e. The molecule has 0 spiro atoms. The Labute approximate surface area is 178 Å². The van der Waals surface area contributed by atoms with E-state index in [9.17, 15) is 9.59 Å². The van der Waals surface area contributed by atoms with Crippen LogP contribution in [-0.4, -0.2) is 49.1 Å². The van der Waals surface area contributed by atoms with Gasteiger partial charge in [0.15, 0.2) is 5.16 Å². The highest BCUT2D eigenvalue weighted by atomic mass is 32.2. The number of thioether (sulfide) groups is 1. The molecule has 0 aliphatic carbocycles. The van der Waals surface area contributed by atoms with Crippen LogP contribution in [0.2, 0.25) is 0 Å². The second-order valence-electron chi connectivity index (χ2n) is 6.30. The fourth-order valence-electron chi connectivity index (χ4n) is 2.84. The lowest BCUT2D eigenvalue weighted by atomic mass is 10.2. The van der Waals surface area contributed by atoms with E-state index in [2.05, 4.69) is 10.3 Å².